The van der Waals surface area contributed by atoms with Crippen LogP contribution in [0.2, 0.25) is 0 Å². The molecule has 3 N–H and O–H groups in total. The lowest BCUT2D eigenvalue weighted by atomic mass is 10.2. The van der Waals surface area contributed by atoms with Crippen molar-refractivity contribution in [2.45, 2.75) is 39.1 Å². The number of nitrogens with two attached hydrogens (primary N) is 1. The number of amides is 1. The van der Waals surface area contributed by atoms with E-state index in [0.717, 1.165) is 6.07 Å². The zero-order valence-corrected chi connectivity index (χ0v) is 16.2. The van der Waals surface area contributed by atoms with Crippen LogP contribution in [0, 0.1) is 0 Å². The van der Waals surface area contributed by atoms with Crippen molar-refractivity contribution in [2.24, 2.45) is 5.73 Å². The molecule has 1 aromatic heterocycles. The molecule has 2 aromatic rings. The average Bonchev–Trinajstić information content (AvgIpc) is 3.14. The predicted octanol–water partition coefficient (Wildman–Crippen LogP) is 3.58. The Bertz CT molecular complexity index is 843. The minimum absolute atomic E-state index is 0.0994. The summed E-state index contributed by atoms with van der Waals surface area (Å²) in [5.41, 5.74) is 4.89. The number of carbonyl (C=O) groups excluding carboxylic acids is 1. The van der Waals surface area contributed by atoms with Gasteiger partial charge in [-0.05, 0) is 36.2 Å². The van der Waals surface area contributed by atoms with Gasteiger partial charge in [-0.25, -0.2) is 4.98 Å². The number of carbonyl (C=O) groups is 1. The number of alkyl halides is 3. The highest BCUT2D eigenvalue weighted by Crippen LogP contribution is 2.31. The average molecular weight is 411 g/mol. The van der Waals surface area contributed by atoms with E-state index in [1.165, 1.54) is 23.1 Å². The molecular weight excluding hydrogens is 387 g/mol. The third kappa shape index (κ3) is 5.91. The predicted molar refractivity (Wildman–Crippen MR) is 102 cm³/mol. The third-order valence-electron chi connectivity index (χ3n) is 4.14. The molecule has 1 unspecified atom stereocenters. The topological polar surface area (TPSA) is 88.7 Å². The first-order valence-corrected chi connectivity index (χ1v) is 9.30. The SMILES string of the molecule is CC.NCc1cc(Oc2cccc(C(=O)N3CCC(O)C3)c2)nc(C(F)(F)F)c1. The number of hydrogen-bond acceptors (Lipinski definition) is 5. The van der Waals surface area contributed by atoms with Crippen LogP contribution in [0.1, 0.15) is 41.9 Å². The fourth-order valence-electron chi connectivity index (χ4n) is 2.80. The largest absolute Gasteiger partial charge is 0.439 e. The Morgan fingerprint density at radius 3 is 2.62 bits per heavy atom. The second-order valence-electron chi connectivity index (χ2n) is 6.22. The highest BCUT2D eigenvalue weighted by molar-refractivity contribution is 5.94. The maximum absolute atomic E-state index is 13.0. The van der Waals surface area contributed by atoms with Crippen molar-refractivity contribution in [1.82, 2.24) is 9.88 Å². The molecule has 1 aliphatic heterocycles. The van der Waals surface area contributed by atoms with Crippen molar-refractivity contribution < 1.29 is 27.8 Å². The highest BCUT2D eigenvalue weighted by Gasteiger charge is 2.33. The Kier molecular flexibility index (Phi) is 7.58. The van der Waals surface area contributed by atoms with Crippen molar-refractivity contribution in [2.75, 3.05) is 13.1 Å². The van der Waals surface area contributed by atoms with Crippen LogP contribution < -0.4 is 10.5 Å². The molecule has 0 aliphatic carbocycles. The maximum Gasteiger partial charge on any atom is 0.433 e. The second-order valence-corrected chi connectivity index (χ2v) is 6.22. The Balaban J connectivity index is 0.00000145. The minimum atomic E-state index is -4.63. The Labute approximate surface area is 167 Å². The molecule has 0 spiro atoms. The summed E-state index contributed by atoms with van der Waals surface area (Å²) in [6.07, 6.45) is -4.66. The summed E-state index contributed by atoms with van der Waals surface area (Å²) in [7, 11) is 0. The summed E-state index contributed by atoms with van der Waals surface area (Å²) < 4.78 is 44.3. The molecule has 158 valence electrons. The summed E-state index contributed by atoms with van der Waals surface area (Å²) >= 11 is 0. The Hall–Kier alpha value is -2.65. The van der Waals surface area contributed by atoms with E-state index in [1.807, 2.05) is 13.8 Å². The van der Waals surface area contributed by atoms with Gasteiger partial charge in [-0.3, -0.25) is 4.79 Å². The summed E-state index contributed by atoms with van der Waals surface area (Å²) in [4.78, 5) is 17.5. The van der Waals surface area contributed by atoms with E-state index in [-0.39, 0.29) is 36.2 Å². The number of pyridine rings is 1. The first kappa shape index (κ1) is 22.6. The number of benzene rings is 1. The smallest absolute Gasteiger partial charge is 0.433 e. The number of halogens is 3. The number of β-amino-alcohol motifs (C(OH)–C–C–N with tert-alkyl or cyclic N) is 1. The van der Waals surface area contributed by atoms with Crippen LogP contribution in [-0.4, -0.2) is 40.1 Å². The Morgan fingerprint density at radius 1 is 1.31 bits per heavy atom. The van der Waals surface area contributed by atoms with Gasteiger partial charge in [0.1, 0.15) is 11.4 Å². The molecule has 1 amide bonds. The van der Waals surface area contributed by atoms with Crippen LogP contribution in [0.25, 0.3) is 0 Å². The number of likely N-dealkylation sites (tertiary alicyclic amines) is 1. The van der Waals surface area contributed by atoms with Crippen molar-refractivity contribution in [1.29, 1.82) is 0 Å². The lowest BCUT2D eigenvalue weighted by Gasteiger charge is -2.16. The zero-order valence-electron chi connectivity index (χ0n) is 16.2. The molecule has 1 aliphatic rings. The molecule has 6 nitrogen and oxygen atoms in total. The lowest BCUT2D eigenvalue weighted by Crippen LogP contribution is -2.29. The normalized spacial score (nSPS) is 16.2. The number of nitrogens with zero attached hydrogens (tertiary/aromatic N) is 2. The summed E-state index contributed by atoms with van der Waals surface area (Å²) in [5, 5.41) is 9.56. The molecular formula is C20H24F3N3O3. The molecule has 1 fully saturated rings. The van der Waals surface area contributed by atoms with Gasteiger partial charge < -0.3 is 20.5 Å². The van der Waals surface area contributed by atoms with Gasteiger partial charge in [0.15, 0.2) is 0 Å². The zero-order chi connectivity index (χ0) is 21.6. The van der Waals surface area contributed by atoms with Gasteiger partial charge in [0.2, 0.25) is 5.88 Å². The first-order valence-electron chi connectivity index (χ1n) is 9.30. The molecule has 0 radical (unpaired) electrons. The number of rotatable bonds is 4. The van der Waals surface area contributed by atoms with Crippen molar-refractivity contribution >= 4 is 5.91 Å². The van der Waals surface area contributed by atoms with Crippen LogP contribution in [0.5, 0.6) is 11.6 Å². The summed E-state index contributed by atoms with van der Waals surface area (Å²) in [6, 6.07) is 8.26. The fourth-order valence-corrected chi connectivity index (χ4v) is 2.80. The van der Waals surface area contributed by atoms with E-state index >= 15 is 0 Å². The number of hydrogen-bond donors (Lipinski definition) is 2. The quantitative estimate of drug-likeness (QED) is 0.803. The van der Waals surface area contributed by atoms with Gasteiger partial charge >= 0.3 is 6.18 Å². The molecule has 9 heteroatoms. The molecule has 2 heterocycles. The van der Waals surface area contributed by atoms with Gasteiger partial charge in [0.05, 0.1) is 6.10 Å². The minimum Gasteiger partial charge on any atom is -0.439 e. The van der Waals surface area contributed by atoms with E-state index in [1.54, 1.807) is 12.1 Å². The lowest BCUT2D eigenvalue weighted by molar-refractivity contribution is -0.141. The van der Waals surface area contributed by atoms with Crippen LogP contribution in [0.3, 0.4) is 0 Å². The number of aromatic nitrogens is 1. The monoisotopic (exact) mass is 411 g/mol. The van der Waals surface area contributed by atoms with Gasteiger partial charge in [0, 0.05) is 31.3 Å². The van der Waals surface area contributed by atoms with Gasteiger partial charge in [-0.2, -0.15) is 13.2 Å². The molecule has 1 saturated heterocycles. The molecule has 1 atom stereocenters. The number of aliphatic hydroxyl groups is 1. The van der Waals surface area contributed by atoms with E-state index in [0.29, 0.717) is 18.5 Å². The van der Waals surface area contributed by atoms with E-state index in [2.05, 4.69) is 4.98 Å². The highest BCUT2D eigenvalue weighted by atomic mass is 19.4. The molecule has 1 aromatic carbocycles. The number of aliphatic hydroxyl groups excluding tert-OH is 1. The standard InChI is InChI=1S/C18H18F3N3O3.C2H6/c19-18(20,21)15-6-11(9-22)7-16(23-15)27-14-3-1-2-12(8-14)17(26)24-5-4-13(25)10-24;1-2/h1-3,6-8,13,25H,4-5,9-10,22H2;1-2H3. The third-order valence-corrected chi connectivity index (χ3v) is 4.14. The molecule has 29 heavy (non-hydrogen) atoms. The maximum atomic E-state index is 13.0. The van der Waals surface area contributed by atoms with Gasteiger partial charge in [0.25, 0.3) is 5.91 Å². The summed E-state index contributed by atoms with van der Waals surface area (Å²) in [5.74, 6) is -0.362. The van der Waals surface area contributed by atoms with Crippen molar-refractivity contribution in [3.8, 4) is 11.6 Å². The van der Waals surface area contributed by atoms with Crippen LogP contribution >= 0.6 is 0 Å². The van der Waals surface area contributed by atoms with E-state index in [9.17, 15) is 23.1 Å². The molecule has 0 bridgehead atoms. The fraction of sp³-hybridized carbons (Fsp3) is 0.400. The van der Waals surface area contributed by atoms with Crippen LogP contribution in [0.15, 0.2) is 36.4 Å². The van der Waals surface area contributed by atoms with E-state index < -0.39 is 18.0 Å². The summed E-state index contributed by atoms with van der Waals surface area (Å²) in [6.45, 7) is 4.59. The molecule has 0 saturated carbocycles. The number of ether oxygens (including phenoxy) is 1. The van der Waals surface area contributed by atoms with E-state index in [4.69, 9.17) is 10.5 Å². The Morgan fingerprint density at radius 2 is 2.03 bits per heavy atom. The van der Waals surface area contributed by atoms with Crippen molar-refractivity contribution in [3.63, 3.8) is 0 Å². The van der Waals surface area contributed by atoms with Crippen LogP contribution in [0.4, 0.5) is 13.2 Å². The van der Waals surface area contributed by atoms with Gasteiger partial charge in [-0.1, -0.05) is 19.9 Å². The first-order chi connectivity index (χ1) is 13.8. The van der Waals surface area contributed by atoms with Crippen LogP contribution in [-0.2, 0) is 12.7 Å². The second kappa shape index (κ2) is 9.71. The van der Waals surface area contributed by atoms with Crippen molar-refractivity contribution in [3.05, 3.63) is 53.2 Å². The molecule has 3 rings (SSSR count). The van der Waals surface area contributed by atoms with Gasteiger partial charge in [-0.15, -0.1) is 0 Å².